The standard InChI is InChI=1S/C28H35N3O2/c1-2-6-21(7-3-1)13-15-32-28-30-17-25(18-31-28)26-12-14-29-19-27(26)33-20-22-10-11-23-8-4-5-9-24(23)16-22/h4-5,8-11,16-18,21,26-27,29H,1-3,6-7,12-15,19-20H2. The molecule has 5 nitrogen and oxygen atoms in total. The third-order valence-electron chi connectivity index (χ3n) is 7.26. The smallest absolute Gasteiger partial charge is 0.316 e. The van der Waals surface area contributed by atoms with Crippen molar-refractivity contribution >= 4 is 10.8 Å². The second kappa shape index (κ2) is 11.1. The lowest BCUT2D eigenvalue weighted by molar-refractivity contribution is 0.0105. The van der Waals surface area contributed by atoms with Gasteiger partial charge in [-0.2, -0.15) is 0 Å². The molecule has 5 rings (SSSR count). The third-order valence-corrected chi connectivity index (χ3v) is 7.26. The van der Waals surface area contributed by atoms with E-state index < -0.39 is 0 Å². The number of hydrogen-bond donors (Lipinski definition) is 1. The first kappa shape index (κ1) is 22.3. The molecule has 1 aliphatic carbocycles. The van der Waals surface area contributed by atoms with Crippen molar-refractivity contribution in [1.82, 2.24) is 15.3 Å². The summed E-state index contributed by atoms with van der Waals surface area (Å²) in [5, 5.41) is 6.00. The highest BCUT2D eigenvalue weighted by Gasteiger charge is 2.28. The Morgan fingerprint density at radius 2 is 1.73 bits per heavy atom. The first-order valence-corrected chi connectivity index (χ1v) is 12.6. The monoisotopic (exact) mass is 445 g/mol. The van der Waals surface area contributed by atoms with E-state index in [0.717, 1.165) is 44.0 Å². The van der Waals surface area contributed by atoms with E-state index in [-0.39, 0.29) is 6.10 Å². The Bertz CT molecular complexity index is 1020. The minimum atomic E-state index is 0.104. The van der Waals surface area contributed by atoms with Crippen molar-refractivity contribution in [3.05, 3.63) is 66.0 Å². The molecule has 174 valence electrons. The molecule has 2 atom stereocenters. The third kappa shape index (κ3) is 5.90. The Hall–Kier alpha value is -2.50. The number of ether oxygens (including phenoxy) is 2. The van der Waals surface area contributed by atoms with Crippen LogP contribution in [0.15, 0.2) is 54.9 Å². The zero-order chi connectivity index (χ0) is 22.3. The molecule has 3 aromatic rings. The Morgan fingerprint density at radius 3 is 2.58 bits per heavy atom. The second-order valence-corrected chi connectivity index (χ2v) is 9.57. The van der Waals surface area contributed by atoms with E-state index in [9.17, 15) is 0 Å². The van der Waals surface area contributed by atoms with Crippen molar-refractivity contribution < 1.29 is 9.47 Å². The highest BCUT2D eigenvalue weighted by Crippen LogP contribution is 2.29. The lowest BCUT2D eigenvalue weighted by atomic mass is 9.87. The molecule has 2 aromatic carbocycles. The van der Waals surface area contributed by atoms with E-state index in [2.05, 4.69) is 57.7 Å². The first-order valence-electron chi connectivity index (χ1n) is 12.6. The van der Waals surface area contributed by atoms with Crippen molar-refractivity contribution in [2.24, 2.45) is 5.92 Å². The predicted molar refractivity (Wildman–Crippen MR) is 131 cm³/mol. The van der Waals surface area contributed by atoms with Crippen LogP contribution in [0.4, 0.5) is 0 Å². The average Bonchev–Trinajstić information content (AvgIpc) is 2.89. The predicted octanol–water partition coefficient (Wildman–Crippen LogP) is 5.64. The van der Waals surface area contributed by atoms with Crippen LogP contribution in [-0.4, -0.2) is 35.8 Å². The molecule has 1 N–H and O–H groups in total. The molecule has 0 amide bonds. The summed E-state index contributed by atoms with van der Waals surface area (Å²) in [7, 11) is 0. The fourth-order valence-corrected chi connectivity index (χ4v) is 5.30. The van der Waals surface area contributed by atoms with Crippen LogP contribution < -0.4 is 10.1 Å². The van der Waals surface area contributed by atoms with E-state index in [1.54, 1.807) is 0 Å². The van der Waals surface area contributed by atoms with Crippen molar-refractivity contribution in [2.75, 3.05) is 19.7 Å². The summed E-state index contributed by atoms with van der Waals surface area (Å²) in [6, 6.07) is 15.5. The zero-order valence-corrected chi connectivity index (χ0v) is 19.4. The highest BCUT2D eigenvalue weighted by molar-refractivity contribution is 5.82. The molecule has 2 aliphatic rings. The quantitative estimate of drug-likeness (QED) is 0.486. The number of nitrogens with zero attached hydrogens (tertiary/aromatic N) is 2. The van der Waals surface area contributed by atoms with Crippen LogP contribution in [0.3, 0.4) is 0 Å². The summed E-state index contributed by atoms with van der Waals surface area (Å²) in [6.07, 6.45) is 12.9. The number of aromatic nitrogens is 2. The van der Waals surface area contributed by atoms with Gasteiger partial charge in [0.2, 0.25) is 0 Å². The lowest BCUT2D eigenvalue weighted by Crippen LogP contribution is -2.41. The van der Waals surface area contributed by atoms with Crippen LogP contribution >= 0.6 is 0 Å². The molecule has 0 spiro atoms. The maximum atomic E-state index is 6.40. The lowest BCUT2D eigenvalue weighted by Gasteiger charge is -2.32. The van der Waals surface area contributed by atoms with Gasteiger partial charge in [-0.3, -0.25) is 0 Å². The van der Waals surface area contributed by atoms with Crippen LogP contribution in [0.2, 0.25) is 0 Å². The molecule has 0 radical (unpaired) electrons. The topological polar surface area (TPSA) is 56.3 Å². The number of nitrogens with one attached hydrogen (secondary N) is 1. The maximum Gasteiger partial charge on any atom is 0.316 e. The van der Waals surface area contributed by atoms with Crippen molar-refractivity contribution in [3.8, 4) is 6.01 Å². The Morgan fingerprint density at radius 1 is 0.909 bits per heavy atom. The molecule has 33 heavy (non-hydrogen) atoms. The summed E-state index contributed by atoms with van der Waals surface area (Å²) >= 11 is 0. The summed E-state index contributed by atoms with van der Waals surface area (Å²) in [4.78, 5) is 9.03. The van der Waals surface area contributed by atoms with Crippen LogP contribution in [0.5, 0.6) is 6.01 Å². The summed E-state index contributed by atoms with van der Waals surface area (Å²) in [5.41, 5.74) is 2.34. The zero-order valence-electron chi connectivity index (χ0n) is 19.4. The van der Waals surface area contributed by atoms with Crippen LogP contribution in [0.25, 0.3) is 10.8 Å². The molecule has 0 bridgehead atoms. The van der Waals surface area contributed by atoms with E-state index in [1.807, 2.05) is 12.4 Å². The molecule has 5 heteroatoms. The maximum absolute atomic E-state index is 6.40. The largest absolute Gasteiger partial charge is 0.463 e. The molecule has 1 saturated heterocycles. The van der Waals surface area contributed by atoms with Gasteiger partial charge >= 0.3 is 6.01 Å². The van der Waals surface area contributed by atoms with E-state index in [1.165, 1.54) is 48.4 Å². The van der Waals surface area contributed by atoms with Gasteiger partial charge in [0.25, 0.3) is 0 Å². The Balaban J connectivity index is 1.16. The van der Waals surface area contributed by atoms with E-state index >= 15 is 0 Å². The van der Waals surface area contributed by atoms with Gasteiger partial charge < -0.3 is 14.8 Å². The van der Waals surface area contributed by atoms with Gasteiger partial charge in [0.05, 0.1) is 19.3 Å². The molecular formula is C28H35N3O2. The summed E-state index contributed by atoms with van der Waals surface area (Å²) in [6.45, 7) is 3.16. The van der Waals surface area contributed by atoms with Crippen LogP contribution in [0.1, 0.15) is 62.0 Å². The van der Waals surface area contributed by atoms with E-state index in [0.29, 0.717) is 18.5 Å². The fourth-order valence-electron chi connectivity index (χ4n) is 5.30. The number of piperidine rings is 1. The number of benzene rings is 2. The van der Waals surface area contributed by atoms with Crippen molar-refractivity contribution in [2.45, 2.75) is 63.6 Å². The molecule has 1 aromatic heterocycles. The normalized spacial score (nSPS) is 21.8. The average molecular weight is 446 g/mol. The second-order valence-electron chi connectivity index (χ2n) is 9.57. The number of hydrogen-bond acceptors (Lipinski definition) is 5. The van der Waals surface area contributed by atoms with Gasteiger partial charge in [-0.1, -0.05) is 68.5 Å². The van der Waals surface area contributed by atoms with Gasteiger partial charge in [-0.25, -0.2) is 9.97 Å². The Kier molecular flexibility index (Phi) is 7.49. The molecule has 1 saturated carbocycles. The van der Waals surface area contributed by atoms with Crippen molar-refractivity contribution in [3.63, 3.8) is 0 Å². The first-order chi connectivity index (χ1) is 16.3. The minimum Gasteiger partial charge on any atom is -0.463 e. The fraction of sp³-hybridized carbons (Fsp3) is 0.500. The molecular weight excluding hydrogens is 410 g/mol. The van der Waals surface area contributed by atoms with Gasteiger partial charge in [-0.05, 0) is 53.3 Å². The van der Waals surface area contributed by atoms with Crippen LogP contribution in [-0.2, 0) is 11.3 Å². The number of fused-ring (bicyclic) bond motifs is 1. The number of rotatable bonds is 8. The van der Waals surface area contributed by atoms with E-state index in [4.69, 9.17) is 9.47 Å². The molecule has 1 aliphatic heterocycles. The van der Waals surface area contributed by atoms with Gasteiger partial charge in [0.1, 0.15) is 0 Å². The van der Waals surface area contributed by atoms with Gasteiger partial charge in [-0.15, -0.1) is 0 Å². The Labute approximate surface area is 196 Å². The summed E-state index contributed by atoms with van der Waals surface area (Å²) in [5.74, 6) is 1.11. The molecule has 2 heterocycles. The molecule has 2 unspecified atom stereocenters. The summed E-state index contributed by atoms with van der Waals surface area (Å²) < 4.78 is 12.3. The highest BCUT2D eigenvalue weighted by atomic mass is 16.5. The molecule has 2 fully saturated rings. The SMILES string of the molecule is c1ccc2cc(COC3CNCCC3c3cnc(OCCC4CCCCC4)nc3)ccc2c1. The van der Waals surface area contributed by atoms with Crippen molar-refractivity contribution in [1.29, 1.82) is 0 Å². The minimum absolute atomic E-state index is 0.104. The van der Waals surface area contributed by atoms with Gasteiger partial charge in [0, 0.05) is 24.9 Å². The van der Waals surface area contributed by atoms with Gasteiger partial charge in [0.15, 0.2) is 0 Å². The van der Waals surface area contributed by atoms with Crippen LogP contribution in [0, 0.1) is 5.92 Å².